The Balaban J connectivity index is 3.44. The van der Waals surface area contributed by atoms with Gasteiger partial charge in [-0.05, 0) is 6.42 Å². The lowest BCUT2D eigenvalue weighted by Gasteiger charge is -2.05. The van der Waals surface area contributed by atoms with Gasteiger partial charge in [0.2, 0.25) is 11.8 Å². The van der Waals surface area contributed by atoms with Gasteiger partial charge in [0.05, 0.1) is 12.8 Å². The molecule has 19 heavy (non-hydrogen) atoms. The van der Waals surface area contributed by atoms with E-state index in [1.54, 1.807) is 0 Å². The molecule has 0 radical (unpaired) electrons. The molecule has 0 saturated carbocycles. The van der Waals surface area contributed by atoms with Gasteiger partial charge in [0.15, 0.2) is 0 Å². The molecule has 4 N–H and O–H groups in total. The molecule has 0 atom stereocenters. The van der Waals surface area contributed by atoms with Crippen molar-refractivity contribution in [3.8, 4) is 0 Å². The number of carboxylic acids is 2. The third-order valence-corrected chi connectivity index (χ3v) is 2.13. The van der Waals surface area contributed by atoms with Gasteiger partial charge in [0.1, 0.15) is 0 Å². The Morgan fingerprint density at radius 3 is 1.37 bits per heavy atom. The first kappa shape index (κ1) is 16.9. The fourth-order valence-corrected chi connectivity index (χ4v) is 1.16. The number of hydrogen-bond acceptors (Lipinski definition) is 4. The second-order valence-electron chi connectivity index (χ2n) is 3.84. The fraction of sp³-hybridized carbons (Fsp3) is 0.636. The Kier molecular flexibility index (Phi) is 8.76. The molecular weight excluding hydrogens is 256 g/mol. The number of carboxylic acid groups (broad SMARTS) is 2. The lowest BCUT2D eigenvalue weighted by atomic mass is 10.3. The van der Waals surface area contributed by atoms with Gasteiger partial charge < -0.3 is 20.8 Å². The summed E-state index contributed by atoms with van der Waals surface area (Å²) in [6, 6.07) is 0. The van der Waals surface area contributed by atoms with Crippen molar-refractivity contribution in [2.24, 2.45) is 0 Å². The van der Waals surface area contributed by atoms with E-state index in [9.17, 15) is 19.2 Å². The molecule has 0 aliphatic carbocycles. The van der Waals surface area contributed by atoms with E-state index in [4.69, 9.17) is 10.2 Å². The van der Waals surface area contributed by atoms with Crippen molar-refractivity contribution in [3.63, 3.8) is 0 Å². The highest BCUT2D eigenvalue weighted by Crippen LogP contribution is 1.90. The van der Waals surface area contributed by atoms with E-state index in [0.717, 1.165) is 0 Å². The number of hydrogen-bond donors (Lipinski definition) is 4. The Morgan fingerprint density at radius 2 is 1.05 bits per heavy atom. The summed E-state index contributed by atoms with van der Waals surface area (Å²) in [5, 5.41) is 21.7. The average molecular weight is 274 g/mol. The van der Waals surface area contributed by atoms with Gasteiger partial charge in [-0.3, -0.25) is 19.2 Å². The Labute approximate surface area is 110 Å². The van der Waals surface area contributed by atoms with Crippen LogP contribution in [0.2, 0.25) is 0 Å². The van der Waals surface area contributed by atoms with Gasteiger partial charge in [0.25, 0.3) is 0 Å². The highest BCUT2D eigenvalue weighted by atomic mass is 16.4. The third kappa shape index (κ3) is 12.1. The van der Waals surface area contributed by atoms with Crippen molar-refractivity contribution >= 4 is 23.8 Å². The standard InChI is InChI=1S/C11H18N2O6/c14-8(2-4-10(16)17)12-6-1-7-13-9(15)3-5-11(18)19/h1-7H2,(H,12,14)(H,13,15)(H,16,17)(H,18,19). The summed E-state index contributed by atoms with van der Waals surface area (Å²) in [5.41, 5.74) is 0. The van der Waals surface area contributed by atoms with Crippen LogP contribution >= 0.6 is 0 Å². The molecule has 0 aromatic heterocycles. The average Bonchev–Trinajstić information content (AvgIpc) is 2.33. The molecule has 0 bridgehead atoms. The largest absolute Gasteiger partial charge is 0.481 e. The molecule has 0 heterocycles. The molecule has 0 rings (SSSR count). The highest BCUT2D eigenvalue weighted by molar-refractivity contribution is 5.81. The number of amides is 2. The van der Waals surface area contributed by atoms with Crippen LogP contribution < -0.4 is 10.6 Å². The summed E-state index contributed by atoms with van der Waals surface area (Å²) in [6.07, 6.45) is -0.0618. The first-order chi connectivity index (χ1) is 8.91. The van der Waals surface area contributed by atoms with E-state index >= 15 is 0 Å². The normalized spacial score (nSPS) is 9.68. The van der Waals surface area contributed by atoms with Crippen LogP contribution in [0.1, 0.15) is 32.1 Å². The molecule has 0 aliphatic rings. The molecule has 0 unspecified atom stereocenters. The van der Waals surface area contributed by atoms with Crippen molar-refractivity contribution in [2.75, 3.05) is 13.1 Å². The van der Waals surface area contributed by atoms with E-state index in [1.807, 2.05) is 0 Å². The predicted molar refractivity (Wildman–Crippen MR) is 64.4 cm³/mol. The van der Waals surface area contributed by atoms with Crippen molar-refractivity contribution in [3.05, 3.63) is 0 Å². The van der Waals surface area contributed by atoms with Crippen LogP contribution in [0, 0.1) is 0 Å². The summed E-state index contributed by atoms with van der Waals surface area (Å²) < 4.78 is 0. The van der Waals surface area contributed by atoms with E-state index in [2.05, 4.69) is 10.6 Å². The van der Waals surface area contributed by atoms with Crippen LogP contribution in [-0.4, -0.2) is 47.1 Å². The monoisotopic (exact) mass is 274 g/mol. The quantitative estimate of drug-likeness (QED) is 0.391. The molecule has 0 spiro atoms. The number of carbonyl (C=O) groups excluding carboxylic acids is 2. The maximum absolute atomic E-state index is 11.1. The summed E-state index contributed by atoms with van der Waals surface area (Å²) in [4.78, 5) is 42.6. The van der Waals surface area contributed by atoms with Gasteiger partial charge >= 0.3 is 11.9 Å². The minimum atomic E-state index is -1.03. The molecule has 0 aliphatic heterocycles. The highest BCUT2D eigenvalue weighted by Gasteiger charge is 2.05. The number of nitrogens with one attached hydrogen (secondary N) is 2. The molecule has 8 nitrogen and oxygen atoms in total. The maximum atomic E-state index is 11.1. The Bertz CT molecular complexity index is 310. The minimum absolute atomic E-state index is 0.0691. The van der Waals surface area contributed by atoms with Crippen molar-refractivity contribution in [1.82, 2.24) is 10.6 Å². The lowest BCUT2D eigenvalue weighted by molar-refractivity contribution is -0.139. The SMILES string of the molecule is O=C(O)CCC(=O)NCCCNC(=O)CCC(=O)O. The topological polar surface area (TPSA) is 133 Å². The number of aliphatic carboxylic acids is 2. The fourth-order valence-electron chi connectivity index (χ4n) is 1.16. The second kappa shape index (κ2) is 9.86. The minimum Gasteiger partial charge on any atom is -0.481 e. The summed E-state index contributed by atoms with van der Waals surface area (Å²) in [6.45, 7) is 0.662. The van der Waals surface area contributed by atoms with Gasteiger partial charge in [-0.15, -0.1) is 0 Å². The Morgan fingerprint density at radius 1 is 0.684 bits per heavy atom. The zero-order valence-electron chi connectivity index (χ0n) is 10.5. The molecule has 0 fully saturated rings. The maximum Gasteiger partial charge on any atom is 0.303 e. The third-order valence-electron chi connectivity index (χ3n) is 2.13. The van der Waals surface area contributed by atoms with Gasteiger partial charge in [-0.25, -0.2) is 0 Å². The summed E-state index contributed by atoms with van der Waals surface area (Å²) in [7, 11) is 0. The van der Waals surface area contributed by atoms with Crippen LogP contribution in [0.15, 0.2) is 0 Å². The summed E-state index contributed by atoms with van der Waals surface area (Å²) in [5.74, 6) is -2.75. The van der Waals surface area contributed by atoms with Crippen LogP contribution in [0.5, 0.6) is 0 Å². The first-order valence-electron chi connectivity index (χ1n) is 5.89. The van der Waals surface area contributed by atoms with E-state index in [0.29, 0.717) is 19.5 Å². The molecule has 108 valence electrons. The van der Waals surface area contributed by atoms with Crippen LogP contribution in [0.3, 0.4) is 0 Å². The molecule has 0 aromatic carbocycles. The van der Waals surface area contributed by atoms with Gasteiger partial charge in [-0.1, -0.05) is 0 Å². The number of rotatable bonds is 10. The smallest absolute Gasteiger partial charge is 0.303 e. The zero-order valence-corrected chi connectivity index (χ0v) is 10.5. The summed E-state index contributed by atoms with van der Waals surface area (Å²) >= 11 is 0. The van der Waals surface area contributed by atoms with Gasteiger partial charge in [-0.2, -0.15) is 0 Å². The van der Waals surface area contributed by atoms with Crippen LogP contribution in [-0.2, 0) is 19.2 Å². The molecular formula is C11H18N2O6. The van der Waals surface area contributed by atoms with E-state index < -0.39 is 11.9 Å². The van der Waals surface area contributed by atoms with Gasteiger partial charge in [0, 0.05) is 25.9 Å². The van der Waals surface area contributed by atoms with Crippen molar-refractivity contribution in [2.45, 2.75) is 32.1 Å². The molecule has 0 aromatic rings. The van der Waals surface area contributed by atoms with Crippen LogP contribution in [0.4, 0.5) is 0 Å². The molecule has 2 amide bonds. The van der Waals surface area contributed by atoms with Crippen molar-refractivity contribution in [1.29, 1.82) is 0 Å². The lowest BCUT2D eigenvalue weighted by Crippen LogP contribution is -2.30. The Hall–Kier alpha value is -2.12. The van der Waals surface area contributed by atoms with Crippen molar-refractivity contribution < 1.29 is 29.4 Å². The van der Waals surface area contributed by atoms with Crippen LogP contribution in [0.25, 0.3) is 0 Å². The molecule has 0 saturated heterocycles. The second-order valence-corrected chi connectivity index (χ2v) is 3.84. The molecule has 8 heteroatoms. The predicted octanol–water partition coefficient (Wildman–Crippen LogP) is -0.661. The van der Waals surface area contributed by atoms with E-state index in [1.165, 1.54) is 0 Å². The number of carbonyl (C=O) groups is 4. The first-order valence-corrected chi connectivity index (χ1v) is 5.89. The van der Waals surface area contributed by atoms with E-state index in [-0.39, 0.29) is 37.5 Å². The zero-order chi connectivity index (χ0) is 14.7.